The SMILES string of the molecule is CC(NCc1cc(F)cc(Cl)c1)c1ncn[nH]1. The third-order valence-electron chi connectivity index (χ3n) is 2.38. The highest BCUT2D eigenvalue weighted by molar-refractivity contribution is 6.30. The van der Waals surface area contributed by atoms with Crippen molar-refractivity contribution >= 4 is 11.6 Å². The molecule has 0 amide bonds. The fraction of sp³-hybridized carbons (Fsp3) is 0.273. The van der Waals surface area contributed by atoms with Gasteiger partial charge in [0, 0.05) is 11.6 Å². The highest BCUT2D eigenvalue weighted by Crippen LogP contribution is 2.15. The van der Waals surface area contributed by atoms with Crippen LogP contribution in [0.4, 0.5) is 4.39 Å². The maximum Gasteiger partial charge on any atom is 0.141 e. The number of hydrogen-bond acceptors (Lipinski definition) is 3. The van der Waals surface area contributed by atoms with Gasteiger partial charge in [0.05, 0.1) is 6.04 Å². The van der Waals surface area contributed by atoms with Crippen molar-refractivity contribution in [3.63, 3.8) is 0 Å². The third-order valence-corrected chi connectivity index (χ3v) is 2.60. The van der Waals surface area contributed by atoms with Crippen LogP contribution in [0.2, 0.25) is 5.02 Å². The molecule has 2 aromatic rings. The molecule has 0 radical (unpaired) electrons. The Morgan fingerprint density at radius 1 is 1.47 bits per heavy atom. The molecule has 1 aromatic heterocycles. The number of rotatable bonds is 4. The first-order chi connectivity index (χ1) is 8.15. The molecule has 0 bridgehead atoms. The van der Waals surface area contributed by atoms with E-state index in [1.165, 1.54) is 18.5 Å². The average molecular weight is 255 g/mol. The first-order valence-electron chi connectivity index (χ1n) is 5.19. The summed E-state index contributed by atoms with van der Waals surface area (Å²) in [5.74, 6) is 0.411. The number of hydrogen-bond donors (Lipinski definition) is 2. The molecule has 0 fully saturated rings. The van der Waals surface area contributed by atoms with Crippen molar-refractivity contribution in [1.82, 2.24) is 20.5 Å². The maximum atomic E-state index is 13.1. The number of aromatic amines is 1. The Hall–Kier alpha value is -1.46. The van der Waals surface area contributed by atoms with Gasteiger partial charge in [-0.15, -0.1) is 0 Å². The van der Waals surface area contributed by atoms with E-state index in [1.54, 1.807) is 6.07 Å². The van der Waals surface area contributed by atoms with Gasteiger partial charge >= 0.3 is 0 Å². The molecule has 0 aliphatic rings. The number of aromatic nitrogens is 3. The number of H-pyrrole nitrogens is 1. The second kappa shape index (κ2) is 5.25. The topological polar surface area (TPSA) is 53.6 Å². The number of nitrogens with zero attached hydrogens (tertiary/aromatic N) is 2. The van der Waals surface area contributed by atoms with E-state index in [4.69, 9.17) is 11.6 Å². The molecule has 2 N–H and O–H groups in total. The predicted octanol–water partition coefficient (Wildman–Crippen LogP) is 2.45. The van der Waals surface area contributed by atoms with Gasteiger partial charge in [-0.05, 0) is 30.7 Å². The molecule has 0 spiro atoms. The van der Waals surface area contributed by atoms with E-state index in [2.05, 4.69) is 20.5 Å². The predicted molar refractivity (Wildman–Crippen MR) is 63.0 cm³/mol. The zero-order valence-electron chi connectivity index (χ0n) is 9.24. The first kappa shape index (κ1) is 12.0. The van der Waals surface area contributed by atoms with Crippen molar-refractivity contribution in [2.45, 2.75) is 19.5 Å². The maximum absolute atomic E-state index is 13.1. The van der Waals surface area contributed by atoms with Crippen molar-refractivity contribution < 1.29 is 4.39 Å². The number of benzene rings is 1. The normalized spacial score (nSPS) is 12.6. The van der Waals surface area contributed by atoms with Crippen molar-refractivity contribution in [1.29, 1.82) is 0 Å². The van der Waals surface area contributed by atoms with Crippen LogP contribution < -0.4 is 5.32 Å². The Morgan fingerprint density at radius 3 is 2.94 bits per heavy atom. The molecule has 0 saturated carbocycles. The van der Waals surface area contributed by atoms with Gasteiger partial charge < -0.3 is 5.32 Å². The van der Waals surface area contributed by atoms with Crippen LogP contribution in [0.5, 0.6) is 0 Å². The molecule has 2 rings (SSSR count). The molecule has 4 nitrogen and oxygen atoms in total. The number of nitrogens with one attached hydrogen (secondary N) is 2. The lowest BCUT2D eigenvalue weighted by molar-refractivity contribution is 0.545. The molecule has 0 saturated heterocycles. The van der Waals surface area contributed by atoms with E-state index in [0.29, 0.717) is 11.6 Å². The summed E-state index contributed by atoms with van der Waals surface area (Å²) in [6, 6.07) is 4.47. The van der Waals surface area contributed by atoms with Crippen LogP contribution in [0.15, 0.2) is 24.5 Å². The minimum Gasteiger partial charge on any atom is -0.303 e. The summed E-state index contributed by atoms with van der Waals surface area (Å²) in [5, 5.41) is 10.1. The summed E-state index contributed by atoms with van der Waals surface area (Å²) in [7, 11) is 0. The van der Waals surface area contributed by atoms with Crippen LogP contribution in [0.25, 0.3) is 0 Å². The average Bonchev–Trinajstić information content (AvgIpc) is 2.78. The summed E-state index contributed by atoms with van der Waals surface area (Å²) in [4.78, 5) is 4.03. The van der Waals surface area contributed by atoms with Crippen LogP contribution in [0.1, 0.15) is 24.4 Å². The van der Waals surface area contributed by atoms with Crippen molar-refractivity contribution in [2.75, 3.05) is 0 Å². The first-order valence-corrected chi connectivity index (χ1v) is 5.56. The van der Waals surface area contributed by atoms with Gasteiger partial charge in [0.2, 0.25) is 0 Å². The van der Waals surface area contributed by atoms with Crippen LogP contribution in [-0.2, 0) is 6.54 Å². The lowest BCUT2D eigenvalue weighted by Gasteiger charge is -2.11. The standard InChI is InChI=1S/C11H12ClFN4/c1-7(11-15-6-16-17-11)14-5-8-2-9(12)4-10(13)3-8/h2-4,6-7,14H,5H2,1H3,(H,15,16,17). The Balaban J connectivity index is 1.98. The summed E-state index contributed by atoms with van der Waals surface area (Å²) in [6.45, 7) is 2.46. The lowest BCUT2D eigenvalue weighted by atomic mass is 10.2. The third kappa shape index (κ3) is 3.25. The zero-order chi connectivity index (χ0) is 12.3. The molecule has 1 aromatic carbocycles. The van der Waals surface area contributed by atoms with Gasteiger partial charge in [-0.3, -0.25) is 5.10 Å². The second-order valence-corrected chi connectivity index (χ2v) is 4.19. The van der Waals surface area contributed by atoms with Gasteiger partial charge in [-0.1, -0.05) is 11.6 Å². The van der Waals surface area contributed by atoms with Gasteiger partial charge in [-0.25, -0.2) is 9.37 Å². The van der Waals surface area contributed by atoms with Crippen LogP contribution in [0, 0.1) is 5.82 Å². The highest BCUT2D eigenvalue weighted by atomic mass is 35.5. The molecular weight excluding hydrogens is 243 g/mol. The lowest BCUT2D eigenvalue weighted by Crippen LogP contribution is -2.19. The molecule has 1 heterocycles. The van der Waals surface area contributed by atoms with E-state index >= 15 is 0 Å². The zero-order valence-corrected chi connectivity index (χ0v) is 10.0. The largest absolute Gasteiger partial charge is 0.303 e. The molecule has 1 atom stereocenters. The molecule has 6 heteroatoms. The summed E-state index contributed by atoms with van der Waals surface area (Å²) >= 11 is 5.77. The van der Waals surface area contributed by atoms with Crippen molar-refractivity contribution in [2.24, 2.45) is 0 Å². The summed E-state index contributed by atoms with van der Waals surface area (Å²) in [6.07, 6.45) is 1.45. The minimum absolute atomic E-state index is 0.0135. The Morgan fingerprint density at radius 2 is 2.29 bits per heavy atom. The Kier molecular flexibility index (Phi) is 3.71. The van der Waals surface area contributed by atoms with E-state index in [9.17, 15) is 4.39 Å². The second-order valence-electron chi connectivity index (χ2n) is 3.75. The quantitative estimate of drug-likeness (QED) is 0.881. The van der Waals surface area contributed by atoms with Gasteiger partial charge in [-0.2, -0.15) is 5.10 Å². The fourth-order valence-corrected chi connectivity index (χ4v) is 1.75. The Labute approximate surface area is 103 Å². The molecule has 17 heavy (non-hydrogen) atoms. The smallest absolute Gasteiger partial charge is 0.141 e. The van der Waals surface area contributed by atoms with E-state index in [-0.39, 0.29) is 11.9 Å². The fourth-order valence-electron chi connectivity index (χ4n) is 1.50. The Bertz CT molecular complexity index is 466. The molecule has 1 unspecified atom stereocenters. The van der Waals surface area contributed by atoms with Crippen molar-refractivity contribution in [3.8, 4) is 0 Å². The summed E-state index contributed by atoms with van der Waals surface area (Å²) in [5.41, 5.74) is 0.793. The van der Waals surface area contributed by atoms with Crippen LogP contribution in [0.3, 0.4) is 0 Å². The molecule has 0 aliphatic carbocycles. The van der Waals surface area contributed by atoms with E-state index < -0.39 is 0 Å². The molecule has 0 aliphatic heterocycles. The van der Waals surface area contributed by atoms with Gasteiger partial charge in [0.25, 0.3) is 0 Å². The van der Waals surface area contributed by atoms with E-state index in [1.807, 2.05) is 6.92 Å². The van der Waals surface area contributed by atoms with E-state index in [0.717, 1.165) is 11.4 Å². The van der Waals surface area contributed by atoms with Gasteiger partial charge in [0.15, 0.2) is 0 Å². The number of halogens is 2. The van der Waals surface area contributed by atoms with Crippen LogP contribution in [-0.4, -0.2) is 15.2 Å². The molecule has 90 valence electrons. The molecular formula is C11H12ClFN4. The minimum atomic E-state index is -0.332. The van der Waals surface area contributed by atoms with Crippen molar-refractivity contribution in [3.05, 3.63) is 46.8 Å². The monoisotopic (exact) mass is 254 g/mol. The summed E-state index contributed by atoms with van der Waals surface area (Å²) < 4.78 is 13.1. The highest BCUT2D eigenvalue weighted by Gasteiger charge is 2.07. The van der Waals surface area contributed by atoms with Crippen LogP contribution >= 0.6 is 11.6 Å². The van der Waals surface area contributed by atoms with Gasteiger partial charge in [0.1, 0.15) is 18.0 Å².